The van der Waals surface area contributed by atoms with Crippen LogP contribution in [-0.4, -0.2) is 32.3 Å². The first-order chi connectivity index (χ1) is 15.7. The van der Waals surface area contributed by atoms with E-state index >= 15 is 0 Å². The fraction of sp³-hybridized carbons (Fsp3) is 0.125. The van der Waals surface area contributed by atoms with Crippen molar-refractivity contribution in [1.29, 1.82) is 0 Å². The molecule has 5 rings (SSSR count). The molecule has 0 bridgehead atoms. The Morgan fingerprint density at radius 3 is 2.88 bits per heavy atom. The van der Waals surface area contributed by atoms with Gasteiger partial charge in [0.1, 0.15) is 11.5 Å². The van der Waals surface area contributed by atoms with Crippen LogP contribution in [-0.2, 0) is 4.84 Å². The van der Waals surface area contributed by atoms with Crippen molar-refractivity contribution in [1.82, 2.24) is 19.7 Å². The maximum atomic E-state index is 13.2. The number of halogens is 1. The molecule has 0 spiro atoms. The third kappa shape index (κ3) is 4.02. The van der Waals surface area contributed by atoms with Gasteiger partial charge in [-0.3, -0.25) is 4.84 Å². The molecule has 0 unspecified atom stereocenters. The van der Waals surface area contributed by atoms with E-state index in [0.717, 1.165) is 16.8 Å². The van der Waals surface area contributed by atoms with Crippen LogP contribution in [0.1, 0.15) is 29.3 Å². The number of benzene rings is 2. The molecule has 8 heteroatoms. The molecule has 7 nitrogen and oxygen atoms in total. The number of aromatic nitrogens is 3. The Bertz CT molecular complexity index is 1340. The van der Waals surface area contributed by atoms with Gasteiger partial charge in [0.2, 0.25) is 0 Å². The van der Waals surface area contributed by atoms with Crippen molar-refractivity contribution in [3.05, 3.63) is 95.7 Å². The van der Waals surface area contributed by atoms with E-state index in [2.05, 4.69) is 27.2 Å². The van der Waals surface area contributed by atoms with E-state index in [1.807, 2.05) is 24.3 Å². The number of carbonyl (C=O) groups is 1. The molecule has 3 heterocycles. The van der Waals surface area contributed by atoms with Crippen LogP contribution in [0.3, 0.4) is 0 Å². The molecule has 2 aromatic carbocycles. The highest BCUT2D eigenvalue weighted by Gasteiger charge is 2.31. The lowest BCUT2D eigenvalue weighted by molar-refractivity contribution is -0.0829. The average molecular weight is 427 g/mol. The number of carbonyl (C=O) groups excluding carboxylic acids is 1. The van der Waals surface area contributed by atoms with Crippen molar-refractivity contribution in [3.8, 4) is 11.8 Å². The van der Waals surface area contributed by atoms with Gasteiger partial charge >= 0.3 is 6.03 Å². The molecule has 32 heavy (non-hydrogen) atoms. The summed E-state index contributed by atoms with van der Waals surface area (Å²) >= 11 is 0. The van der Waals surface area contributed by atoms with Gasteiger partial charge in [-0.2, -0.15) is 10.2 Å². The smallest absolute Gasteiger partial charge is 0.306 e. The number of anilines is 1. The SMILES string of the molecule is O=C(Nc1cccc(C#Cc2cnc3cccnn23)c1)N1OCC[C@H]1c1ccc(F)cc1. The Labute approximate surface area is 183 Å². The molecule has 4 aromatic rings. The fourth-order valence-corrected chi connectivity index (χ4v) is 3.56. The van der Waals surface area contributed by atoms with Crippen molar-refractivity contribution in [2.45, 2.75) is 12.5 Å². The zero-order valence-corrected chi connectivity index (χ0v) is 16.9. The van der Waals surface area contributed by atoms with Gasteiger partial charge in [-0.05, 0) is 53.9 Å². The summed E-state index contributed by atoms with van der Waals surface area (Å²) in [5, 5.41) is 8.40. The highest BCUT2D eigenvalue weighted by molar-refractivity contribution is 5.89. The fourth-order valence-electron chi connectivity index (χ4n) is 3.56. The average Bonchev–Trinajstić information content (AvgIpc) is 3.46. The second-order valence-corrected chi connectivity index (χ2v) is 7.21. The first kappa shape index (κ1) is 19.7. The largest absolute Gasteiger partial charge is 0.346 e. The molecular formula is C24H18FN5O2. The van der Waals surface area contributed by atoms with Gasteiger partial charge in [-0.15, -0.1) is 0 Å². The van der Waals surface area contributed by atoms with E-state index in [1.54, 1.807) is 41.2 Å². The summed E-state index contributed by atoms with van der Waals surface area (Å²) in [7, 11) is 0. The molecule has 1 aliphatic heterocycles. The van der Waals surface area contributed by atoms with E-state index in [-0.39, 0.29) is 11.9 Å². The van der Waals surface area contributed by atoms with Crippen LogP contribution in [0, 0.1) is 17.7 Å². The highest BCUT2D eigenvalue weighted by atomic mass is 19.1. The topological polar surface area (TPSA) is 71.8 Å². The molecule has 1 atom stereocenters. The third-order valence-electron chi connectivity index (χ3n) is 5.09. The summed E-state index contributed by atoms with van der Waals surface area (Å²) in [6, 6.07) is 16.3. The number of fused-ring (bicyclic) bond motifs is 1. The molecule has 0 saturated carbocycles. The molecule has 158 valence electrons. The predicted molar refractivity (Wildman–Crippen MR) is 116 cm³/mol. The number of urea groups is 1. The highest BCUT2D eigenvalue weighted by Crippen LogP contribution is 2.31. The second kappa shape index (κ2) is 8.49. The second-order valence-electron chi connectivity index (χ2n) is 7.21. The summed E-state index contributed by atoms with van der Waals surface area (Å²) in [5.74, 6) is 5.82. The molecule has 1 N–H and O–H groups in total. The maximum absolute atomic E-state index is 13.2. The molecule has 2 amide bonds. The monoisotopic (exact) mass is 427 g/mol. The van der Waals surface area contributed by atoms with Gasteiger partial charge in [0, 0.05) is 23.9 Å². The van der Waals surface area contributed by atoms with Gasteiger partial charge in [0.05, 0.1) is 18.8 Å². The van der Waals surface area contributed by atoms with Gasteiger partial charge in [0.15, 0.2) is 5.65 Å². The van der Waals surface area contributed by atoms with Crippen LogP contribution in [0.2, 0.25) is 0 Å². The molecule has 2 aromatic heterocycles. The Balaban J connectivity index is 1.32. The summed E-state index contributed by atoms with van der Waals surface area (Å²) in [5.41, 5.74) is 3.53. The predicted octanol–water partition coefficient (Wildman–Crippen LogP) is 4.18. The molecule has 0 radical (unpaired) electrons. The number of imidazole rings is 1. The molecule has 0 aliphatic carbocycles. The summed E-state index contributed by atoms with van der Waals surface area (Å²) in [4.78, 5) is 22.6. The Kier molecular flexibility index (Phi) is 5.24. The zero-order valence-electron chi connectivity index (χ0n) is 16.9. The summed E-state index contributed by atoms with van der Waals surface area (Å²) in [6.07, 6.45) is 3.98. The zero-order chi connectivity index (χ0) is 21.9. The first-order valence-electron chi connectivity index (χ1n) is 10.1. The van der Waals surface area contributed by atoms with Crippen molar-refractivity contribution in [2.24, 2.45) is 0 Å². The quantitative estimate of drug-likeness (QED) is 0.487. The van der Waals surface area contributed by atoms with E-state index < -0.39 is 6.03 Å². The number of hydrogen-bond donors (Lipinski definition) is 1. The van der Waals surface area contributed by atoms with Crippen LogP contribution in [0.15, 0.2) is 73.1 Å². The van der Waals surface area contributed by atoms with E-state index in [9.17, 15) is 9.18 Å². The van der Waals surface area contributed by atoms with Crippen LogP contribution in [0.5, 0.6) is 0 Å². The minimum absolute atomic E-state index is 0.277. The first-order valence-corrected chi connectivity index (χ1v) is 10.1. The number of hydrogen-bond acceptors (Lipinski definition) is 4. The van der Waals surface area contributed by atoms with Gasteiger partial charge in [0.25, 0.3) is 0 Å². The summed E-state index contributed by atoms with van der Waals surface area (Å²) < 4.78 is 14.9. The lowest BCUT2D eigenvalue weighted by atomic mass is 10.0. The lowest BCUT2D eigenvalue weighted by Gasteiger charge is -2.23. The van der Waals surface area contributed by atoms with Gasteiger partial charge in [-0.1, -0.05) is 24.1 Å². The maximum Gasteiger partial charge on any atom is 0.346 e. The van der Waals surface area contributed by atoms with Crippen LogP contribution >= 0.6 is 0 Å². The number of nitrogens with one attached hydrogen (secondary N) is 1. The Hall–Kier alpha value is -4.22. The van der Waals surface area contributed by atoms with Crippen molar-refractivity contribution < 1.29 is 14.0 Å². The van der Waals surface area contributed by atoms with Crippen LogP contribution in [0.4, 0.5) is 14.9 Å². The van der Waals surface area contributed by atoms with Gasteiger partial charge < -0.3 is 5.32 Å². The van der Waals surface area contributed by atoms with E-state index in [0.29, 0.717) is 24.4 Å². The number of rotatable bonds is 2. The molecule has 1 fully saturated rings. The number of hydroxylamine groups is 2. The Morgan fingerprint density at radius 1 is 1.12 bits per heavy atom. The van der Waals surface area contributed by atoms with Gasteiger partial charge in [-0.25, -0.2) is 18.7 Å². The molecule has 1 aliphatic rings. The molecule has 1 saturated heterocycles. The number of amides is 2. The number of nitrogens with zero attached hydrogens (tertiary/aromatic N) is 4. The van der Waals surface area contributed by atoms with E-state index in [1.165, 1.54) is 17.2 Å². The summed E-state index contributed by atoms with van der Waals surface area (Å²) in [6.45, 7) is 0.411. The van der Waals surface area contributed by atoms with Crippen LogP contribution in [0.25, 0.3) is 5.65 Å². The van der Waals surface area contributed by atoms with Crippen molar-refractivity contribution in [3.63, 3.8) is 0 Å². The van der Waals surface area contributed by atoms with Crippen LogP contribution < -0.4 is 5.32 Å². The van der Waals surface area contributed by atoms with E-state index in [4.69, 9.17) is 4.84 Å². The normalized spacial score (nSPS) is 15.4. The lowest BCUT2D eigenvalue weighted by Crippen LogP contribution is -2.33. The van der Waals surface area contributed by atoms with Crippen molar-refractivity contribution >= 4 is 17.4 Å². The Morgan fingerprint density at radius 2 is 2.00 bits per heavy atom. The third-order valence-corrected chi connectivity index (χ3v) is 5.09. The minimum atomic E-state index is -0.395. The van der Waals surface area contributed by atoms with Crippen molar-refractivity contribution in [2.75, 3.05) is 11.9 Å². The molecular weight excluding hydrogens is 409 g/mol. The minimum Gasteiger partial charge on any atom is -0.306 e. The standard InChI is InChI=1S/C24H18FN5O2/c25-19-9-7-18(8-10-19)22-12-14-32-30(22)24(31)28-20-4-1-3-17(15-20)6-11-21-16-26-23-5-2-13-27-29(21)23/h1-5,7-10,13,15-16,22H,12,14H2,(H,28,31)/t22-/m0/s1.